The van der Waals surface area contributed by atoms with Crippen molar-refractivity contribution in [3.63, 3.8) is 0 Å². The number of nitro groups is 1. The van der Waals surface area contributed by atoms with Gasteiger partial charge >= 0.3 is 0 Å². The zero-order valence-electron chi connectivity index (χ0n) is 10.9. The van der Waals surface area contributed by atoms with Gasteiger partial charge in [0.15, 0.2) is 0 Å². The summed E-state index contributed by atoms with van der Waals surface area (Å²) in [5.74, 6) is 0.631. The lowest BCUT2D eigenvalue weighted by molar-refractivity contribution is -0.384. The number of non-ortho nitro benzene ring substituents is 1. The number of benzene rings is 1. The fourth-order valence-corrected chi connectivity index (χ4v) is 2.05. The van der Waals surface area contributed by atoms with Crippen LogP contribution in [0, 0.1) is 15.5 Å². The molecular formula is C13H18N2O4. The van der Waals surface area contributed by atoms with Crippen molar-refractivity contribution in [2.45, 2.75) is 19.4 Å². The minimum atomic E-state index is -0.418. The van der Waals surface area contributed by atoms with Crippen molar-refractivity contribution in [3.05, 3.63) is 33.9 Å². The van der Waals surface area contributed by atoms with E-state index in [4.69, 9.17) is 4.74 Å². The molecule has 1 aromatic rings. The molecule has 0 atom stereocenters. The third kappa shape index (κ3) is 3.21. The van der Waals surface area contributed by atoms with Gasteiger partial charge in [0.2, 0.25) is 0 Å². The Hall–Kier alpha value is -1.66. The summed E-state index contributed by atoms with van der Waals surface area (Å²) >= 11 is 0. The lowest BCUT2D eigenvalue weighted by Crippen LogP contribution is -2.26. The number of ether oxygens (including phenoxy) is 1. The Morgan fingerprint density at radius 2 is 2.26 bits per heavy atom. The van der Waals surface area contributed by atoms with Gasteiger partial charge in [0, 0.05) is 42.8 Å². The van der Waals surface area contributed by atoms with Crippen molar-refractivity contribution in [1.82, 2.24) is 5.32 Å². The highest BCUT2D eigenvalue weighted by atomic mass is 16.6. The molecule has 0 radical (unpaired) electrons. The molecule has 1 saturated carbocycles. The first-order valence-electron chi connectivity index (χ1n) is 6.23. The maximum absolute atomic E-state index is 10.8. The van der Waals surface area contributed by atoms with Crippen LogP contribution in [-0.4, -0.2) is 30.3 Å². The molecule has 0 spiro atoms. The molecule has 1 aliphatic carbocycles. The molecule has 6 nitrogen and oxygen atoms in total. The molecule has 0 saturated heterocycles. The molecule has 1 aliphatic rings. The van der Waals surface area contributed by atoms with Crippen LogP contribution in [0.1, 0.15) is 18.4 Å². The predicted octanol–water partition coefficient (Wildman–Crippen LogP) is 1.47. The van der Waals surface area contributed by atoms with E-state index in [2.05, 4.69) is 5.32 Å². The third-order valence-electron chi connectivity index (χ3n) is 3.58. The average molecular weight is 266 g/mol. The van der Waals surface area contributed by atoms with Crippen LogP contribution in [-0.2, 0) is 6.54 Å². The Kier molecular flexibility index (Phi) is 4.01. The minimum Gasteiger partial charge on any atom is -0.496 e. The van der Waals surface area contributed by atoms with Crippen molar-refractivity contribution in [2.24, 2.45) is 5.41 Å². The van der Waals surface area contributed by atoms with Gasteiger partial charge in [-0.25, -0.2) is 0 Å². The molecule has 0 heterocycles. The number of nitrogens with zero attached hydrogens (tertiary/aromatic N) is 1. The number of hydrogen-bond acceptors (Lipinski definition) is 5. The molecule has 6 heteroatoms. The summed E-state index contributed by atoms with van der Waals surface area (Å²) < 4.78 is 5.19. The number of rotatable bonds is 7. The highest BCUT2D eigenvalue weighted by molar-refractivity contribution is 5.43. The summed E-state index contributed by atoms with van der Waals surface area (Å²) in [6.07, 6.45) is 2.06. The highest BCUT2D eigenvalue weighted by Gasteiger charge is 2.41. The molecule has 2 N–H and O–H groups in total. The summed E-state index contributed by atoms with van der Waals surface area (Å²) in [4.78, 5) is 10.3. The smallest absolute Gasteiger partial charge is 0.270 e. The van der Waals surface area contributed by atoms with E-state index < -0.39 is 4.92 Å². The zero-order valence-corrected chi connectivity index (χ0v) is 10.9. The van der Waals surface area contributed by atoms with Gasteiger partial charge in [-0.3, -0.25) is 10.1 Å². The van der Waals surface area contributed by atoms with Crippen molar-refractivity contribution in [3.8, 4) is 5.75 Å². The molecule has 19 heavy (non-hydrogen) atoms. The van der Waals surface area contributed by atoms with Crippen molar-refractivity contribution in [1.29, 1.82) is 0 Å². The average Bonchev–Trinajstić information content (AvgIpc) is 3.19. The van der Waals surface area contributed by atoms with E-state index in [-0.39, 0.29) is 17.7 Å². The largest absolute Gasteiger partial charge is 0.496 e. The Labute approximate surface area is 111 Å². The van der Waals surface area contributed by atoms with Gasteiger partial charge in [0.05, 0.1) is 12.0 Å². The normalized spacial score (nSPS) is 16.1. The highest BCUT2D eigenvalue weighted by Crippen LogP contribution is 2.44. The molecule has 104 valence electrons. The lowest BCUT2D eigenvalue weighted by Gasteiger charge is -2.14. The van der Waals surface area contributed by atoms with Crippen molar-refractivity contribution < 1.29 is 14.8 Å². The van der Waals surface area contributed by atoms with Gasteiger partial charge in [0.25, 0.3) is 5.69 Å². The van der Waals surface area contributed by atoms with Crippen LogP contribution < -0.4 is 10.1 Å². The van der Waals surface area contributed by atoms with E-state index in [0.717, 1.165) is 24.9 Å². The first kappa shape index (κ1) is 13.8. The predicted molar refractivity (Wildman–Crippen MR) is 70.1 cm³/mol. The number of methoxy groups -OCH3 is 1. The second-order valence-electron chi connectivity index (χ2n) is 5.01. The molecule has 1 fully saturated rings. The molecular weight excluding hydrogens is 248 g/mol. The fraction of sp³-hybridized carbons (Fsp3) is 0.538. The summed E-state index contributed by atoms with van der Waals surface area (Å²) in [6, 6.07) is 4.55. The van der Waals surface area contributed by atoms with Crippen molar-refractivity contribution >= 4 is 5.69 Å². The lowest BCUT2D eigenvalue weighted by atomic mass is 10.1. The first-order valence-corrected chi connectivity index (χ1v) is 6.23. The topological polar surface area (TPSA) is 84.6 Å². The Morgan fingerprint density at radius 3 is 2.79 bits per heavy atom. The summed E-state index contributed by atoms with van der Waals surface area (Å²) in [5, 5.41) is 23.2. The van der Waals surface area contributed by atoms with Crippen LogP contribution >= 0.6 is 0 Å². The Balaban J connectivity index is 2.01. The third-order valence-corrected chi connectivity index (χ3v) is 3.58. The van der Waals surface area contributed by atoms with Gasteiger partial charge in [0.1, 0.15) is 5.75 Å². The summed E-state index contributed by atoms with van der Waals surface area (Å²) in [6.45, 7) is 1.40. The van der Waals surface area contributed by atoms with Crippen LogP contribution in [0.2, 0.25) is 0 Å². The molecule has 1 aromatic carbocycles. The number of aliphatic hydroxyl groups excluding tert-OH is 1. The van der Waals surface area contributed by atoms with Crippen LogP contribution in [0.15, 0.2) is 18.2 Å². The van der Waals surface area contributed by atoms with Crippen LogP contribution in [0.25, 0.3) is 0 Å². The van der Waals surface area contributed by atoms with E-state index in [0.29, 0.717) is 12.3 Å². The van der Waals surface area contributed by atoms with E-state index in [9.17, 15) is 15.2 Å². The number of nitrogens with one attached hydrogen (secondary N) is 1. The van der Waals surface area contributed by atoms with Gasteiger partial charge in [-0.1, -0.05) is 0 Å². The van der Waals surface area contributed by atoms with E-state index in [1.54, 1.807) is 13.2 Å². The Bertz CT molecular complexity index is 472. The maximum atomic E-state index is 10.8. The maximum Gasteiger partial charge on any atom is 0.270 e. The molecule has 0 aliphatic heterocycles. The molecule has 0 amide bonds. The van der Waals surface area contributed by atoms with Crippen LogP contribution in [0.3, 0.4) is 0 Å². The quantitative estimate of drug-likeness (QED) is 0.576. The standard InChI is InChI=1S/C13H18N2O4/c1-19-12-3-2-11(15(17)18)6-10(12)7-14-8-13(9-16)4-5-13/h2-3,6,14,16H,4-5,7-9H2,1H3. The Morgan fingerprint density at radius 1 is 1.53 bits per heavy atom. The zero-order chi connectivity index (χ0) is 13.9. The van der Waals surface area contributed by atoms with E-state index >= 15 is 0 Å². The molecule has 0 aromatic heterocycles. The SMILES string of the molecule is COc1ccc([N+](=O)[O-])cc1CNCC1(CO)CC1. The summed E-state index contributed by atoms with van der Waals surface area (Å²) in [5.41, 5.74) is 0.833. The molecule has 2 rings (SSSR count). The van der Waals surface area contributed by atoms with Gasteiger partial charge < -0.3 is 15.2 Å². The number of nitro benzene ring substituents is 1. The summed E-state index contributed by atoms with van der Waals surface area (Å²) in [7, 11) is 1.54. The molecule has 0 unspecified atom stereocenters. The fourth-order valence-electron chi connectivity index (χ4n) is 2.05. The minimum absolute atomic E-state index is 0.0218. The second kappa shape index (κ2) is 5.54. The van der Waals surface area contributed by atoms with E-state index in [1.807, 2.05) is 0 Å². The van der Waals surface area contributed by atoms with Gasteiger partial charge in [-0.05, 0) is 18.9 Å². The van der Waals surface area contributed by atoms with E-state index in [1.165, 1.54) is 12.1 Å². The van der Waals surface area contributed by atoms with Gasteiger partial charge in [-0.15, -0.1) is 0 Å². The second-order valence-corrected chi connectivity index (χ2v) is 5.01. The van der Waals surface area contributed by atoms with Crippen molar-refractivity contribution in [2.75, 3.05) is 20.3 Å². The van der Waals surface area contributed by atoms with Crippen LogP contribution in [0.5, 0.6) is 5.75 Å². The van der Waals surface area contributed by atoms with Gasteiger partial charge in [-0.2, -0.15) is 0 Å². The number of aliphatic hydroxyl groups is 1. The first-order chi connectivity index (χ1) is 9.10. The monoisotopic (exact) mass is 266 g/mol. The number of hydrogen-bond donors (Lipinski definition) is 2. The van der Waals surface area contributed by atoms with Crippen LogP contribution in [0.4, 0.5) is 5.69 Å². The molecule has 0 bridgehead atoms.